The number of hydrogen-bond donors (Lipinski definition) is 3. The normalized spacial score (nSPS) is 13.8. The Morgan fingerprint density at radius 2 is 1.89 bits per heavy atom. The molecule has 1 saturated heterocycles. The van der Waals surface area contributed by atoms with E-state index in [1.807, 2.05) is 30.3 Å². The molecule has 1 aliphatic rings. The Kier molecular flexibility index (Phi) is 6.96. The first-order valence-corrected chi connectivity index (χ1v) is 12.1. The molecule has 0 saturated carbocycles. The molecule has 0 bridgehead atoms. The van der Waals surface area contributed by atoms with Gasteiger partial charge in [-0.1, -0.05) is 12.6 Å². The van der Waals surface area contributed by atoms with Crippen LogP contribution < -0.4 is 25.0 Å². The van der Waals surface area contributed by atoms with Crippen LogP contribution in [0.4, 0.5) is 22.7 Å². The lowest BCUT2D eigenvalue weighted by atomic mass is 10.2. The molecule has 1 aliphatic heterocycles. The summed E-state index contributed by atoms with van der Waals surface area (Å²) in [6, 6.07) is 17.3. The number of hydrogen-bond acceptors (Lipinski definition) is 7. The van der Waals surface area contributed by atoms with Crippen LogP contribution in [0.2, 0.25) is 0 Å². The van der Waals surface area contributed by atoms with Crippen LogP contribution in [0.25, 0.3) is 11.0 Å². The molecule has 0 unspecified atom stereocenters. The molecule has 2 heterocycles. The van der Waals surface area contributed by atoms with Crippen LogP contribution in [0.15, 0.2) is 73.6 Å². The zero-order valence-electron chi connectivity index (χ0n) is 21.0. The Labute approximate surface area is 215 Å². The van der Waals surface area contributed by atoms with Gasteiger partial charge in [0.1, 0.15) is 17.0 Å². The molecule has 1 aromatic heterocycles. The van der Waals surface area contributed by atoms with Gasteiger partial charge in [0.05, 0.1) is 24.6 Å². The van der Waals surface area contributed by atoms with Crippen molar-refractivity contribution >= 4 is 39.7 Å². The van der Waals surface area contributed by atoms with E-state index in [1.54, 1.807) is 25.6 Å². The van der Waals surface area contributed by atoms with Gasteiger partial charge in [-0.05, 0) is 43.5 Å². The largest absolute Gasteiger partial charge is 0.494 e. The summed E-state index contributed by atoms with van der Waals surface area (Å²) >= 11 is 0. The van der Waals surface area contributed by atoms with Gasteiger partial charge in [0.25, 0.3) is 0 Å². The van der Waals surface area contributed by atoms with Crippen molar-refractivity contribution in [3.63, 3.8) is 0 Å². The van der Waals surface area contributed by atoms with E-state index >= 15 is 0 Å². The molecular weight excluding hydrogens is 468 g/mol. The number of nitrogens with one attached hydrogen (secondary N) is 3. The summed E-state index contributed by atoms with van der Waals surface area (Å²) in [6.07, 6.45) is 2.86. The average Bonchev–Trinajstić information content (AvgIpc) is 3.39. The Bertz CT molecular complexity index is 1420. The monoisotopic (exact) mass is 498 g/mol. The highest BCUT2D eigenvalue weighted by Gasteiger charge is 2.17. The number of likely N-dealkylation sites (N-methyl/N-ethyl adjacent to an activating group) is 1. The molecule has 37 heavy (non-hydrogen) atoms. The molecule has 190 valence electrons. The highest BCUT2D eigenvalue weighted by molar-refractivity contribution is 5.99. The highest BCUT2D eigenvalue weighted by atomic mass is 16.5. The van der Waals surface area contributed by atoms with Crippen LogP contribution in [0.1, 0.15) is 0 Å². The number of imidazole rings is 1. The zero-order valence-corrected chi connectivity index (χ0v) is 21.0. The van der Waals surface area contributed by atoms with E-state index in [-0.39, 0.29) is 5.91 Å². The van der Waals surface area contributed by atoms with Crippen molar-refractivity contribution in [2.24, 2.45) is 0 Å². The fourth-order valence-corrected chi connectivity index (χ4v) is 4.32. The van der Waals surface area contributed by atoms with Crippen molar-refractivity contribution in [3.8, 4) is 17.2 Å². The summed E-state index contributed by atoms with van der Waals surface area (Å²) in [5.41, 5.74) is 4.94. The quantitative estimate of drug-likeness (QED) is 0.295. The van der Waals surface area contributed by atoms with E-state index in [9.17, 15) is 4.79 Å². The number of amides is 1. The molecule has 1 amide bonds. The summed E-state index contributed by atoms with van der Waals surface area (Å²) < 4.78 is 11.9. The van der Waals surface area contributed by atoms with Crippen molar-refractivity contribution in [1.29, 1.82) is 0 Å². The van der Waals surface area contributed by atoms with Crippen LogP contribution in [-0.2, 0) is 4.79 Å². The third-order valence-corrected chi connectivity index (χ3v) is 6.34. The van der Waals surface area contributed by atoms with Crippen molar-refractivity contribution in [3.05, 3.63) is 73.6 Å². The Morgan fingerprint density at radius 3 is 2.68 bits per heavy atom. The molecule has 3 aromatic carbocycles. The van der Waals surface area contributed by atoms with Gasteiger partial charge < -0.3 is 34.9 Å². The number of anilines is 4. The predicted molar refractivity (Wildman–Crippen MR) is 147 cm³/mol. The van der Waals surface area contributed by atoms with Crippen LogP contribution in [0.5, 0.6) is 17.2 Å². The van der Waals surface area contributed by atoms with Gasteiger partial charge >= 0.3 is 0 Å². The van der Waals surface area contributed by atoms with Crippen LogP contribution in [-0.4, -0.2) is 61.1 Å². The van der Waals surface area contributed by atoms with Gasteiger partial charge in [-0.2, -0.15) is 0 Å². The fraction of sp³-hybridized carbons (Fsp3) is 0.214. The lowest BCUT2D eigenvalue weighted by molar-refractivity contribution is -0.111. The summed E-state index contributed by atoms with van der Waals surface area (Å²) in [5.74, 6) is 1.61. The number of H-pyrrole nitrogens is 1. The third kappa shape index (κ3) is 5.52. The van der Waals surface area contributed by atoms with Gasteiger partial charge in [0.2, 0.25) is 5.91 Å². The van der Waals surface area contributed by atoms with Gasteiger partial charge in [0.15, 0.2) is 5.75 Å². The highest BCUT2D eigenvalue weighted by Crippen LogP contribution is 2.36. The second kappa shape index (κ2) is 10.6. The topological polar surface area (TPSA) is 94.8 Å². The SMILES string of the molecule is C=CC(=O)Nc1cccc(Oc2cc(Nc3ccc(N4CCN(C)CC4)cc3OC)cc3[nH]cnc23)c1. The van der Waals surface area contributed by atoms with Crippen molar-refractivity contribution in [2.45, 2.75) is 0 Å². The standard InChI is InChI=1S/C28H30N6O3/c1-4-27(35)32-19-6-5-7-22(14-19)37-26-16-20(15-24-28(26)30-18-29-24)31-23-9-8-21(17-25(23)36-3)34-12-10-33(2)11-13-34/h4-9,14-18,31H,1,10-13H2,2-3H3,(H,29,30)(H,32,35). The molecular formula is C28H30N6O3. The molecule has 3 N–H and O–H groups in total. The van der Waals surface area contributed by atoms with E-state index in [0.717, 1.165) is 54.5 Å². The molecule has 1 fully saturated rings. The molecule has 0 radical (unpaired) electrons. The third-order valence-electron chi connectivity index (χ3n) is 6.34. The number of carbonyl (C=O) groups is 1. The first kappa shape index (κ1) is 24.2. The summed E-state index contributed by atoms with van der Waals surface area (Å²) in [5, 5.41) is 6.21. The molecule has 5 rings (SSSR count). The van der Waals surface area contributed by atoms with Gasteiger partial charge in [-0.25, -0.2) is 4.98 Å². The van der Waals surface area contributed by atoms with Crippen molar-refractivity contribution in [2.75, 3.05) is 55.9 Å². The van der Waals surface area contributed by atoms with Crippen LogP contribution in [0, 0.1) is 0 Å². The lowest BCUT2D eigenvalue weighted by Gasteiger charge is -2.34. The second-order valence-corrected chi connectivity index (χ2v) is 8.90. The second-order valence-electron chi connectivity index (χ2n) is 8.90. The lowest BCUT2D eigenvalue weighted by Crippen LogP contribution is -2.44. The minimum Gasteiger partial charge on any atom is -0.494 e. The molecule has 0 spiro atoms. The van der Waals surface area contributed by atoms with Gasteiger partial charge in [0, 0.05) is 61.4 Å². The van der Waals surface area contributed by atoms with Crippen molar-refractivity contribution < 1.29 is 14.3 Å². The number of methoxy groups -OCH3 is 1. The van der Waals surface area contributed by atoms with Crippen LogP contribution >= 0.6 is 0 Å². The van der Waals surface area contributed by atoms with Gasteiger partial charge in [-0.15, -0.1) is 0 Å². The number of benzene rings is 3. The number of carbonyl (C=O) groups excluding carboxylic acids is 1. The number of fused-ring (bicyclic) bond motifs is 1. The minimum absolute atomic E-state index is 0.286. The number of nitrogens with zero attached hydrogens (tertiary/aromatic N) is 3. The number of aromatic amines is 1. The first-order valence-electron chi connectivity index (χ1n) is 12.1. The maximum absolute atomic E-state index is 11.7. The van der Waals surface area contributed by atoms with Crippen molar-refractivity contribution in [1.82, 2.24) is 14.9 Å². The Balaban J connectivity index is 1.40. The van der Waals surface area contributed by atoms with E-state index in [0.29, 0.717) is 22.7 Å². The number of piperazine rings is 1. The fourth-order valence-electron chi connectivity index (χ4n) is 4.32. The number of rotatable bonds is 8. The minimum atomic E-state index is -0.286. The predicted octanol–water partition coefficient (Wildman–Crippen LogP) is 4.98. The maximum Gasteiger partial charge on any atom is 0.247 e. The Hall–Kier alpha value is -4.50. The molecule has 4 aromatic rings. The molecule has 9 heteroatoms. The summed E-state index contributed by atoms with van der Waals surface area (Å²) in [7, 11) is 3.83. The van der Waals surface area contributed by atoms with E-state index in [2.05, 4.69) is 56.2 Å². The molecule has 0 aliphatic carbocycles. The van der Waals surface area contributed by atoms with E-state index in [1.165, 1.54) is 6.08 Å². The first-order chi connectivity index (χ1) is 18.0. The summed E-state index contributed by atoms with van der Waals surface area (Å²) in [6.45, 7) is 7.55. The molecule has 0 atom stereocenters. The van der Waals surface area contributed by atoms with E-state index < -0.39 is 0 Å². The Morgan fingerprint density at radius 1 is 1.05 bits per heavy atom. The smallest absolute Gasteiger partial charge is 0.247 e. The average molecular weight is 499 g/mol. The van der Waals surface area contributed by atoms with E-state index in [4.69, 9.17) is 9.47 Å². The zero-order chi connectivity index (χ0) is 25.8. The van der Waals surface area contributed by atoms with Crippen LogP contribution in [0.3, 0.4) is 0 Å². The van der Waals surface area contributed by atoms with Gasteiger partial charge in [-0.3, -0.25) is 4.79 Å². The summed E-state index contributed by atoms with van der Waals surface area (Å²) in [4.78, 5) is 24.0. The number of aromatic nitrogens is 2. The molecule has 9 nitrogen and oxygen atoms in total. The number of ether oxygens (including phenoxy) is 2. The maximum atomic E-state index is 11.7.